The highest BCUT2D eigenvalue weighted by Crippen LogP contribution is 2.24. The van der Waals surface area contributed by atoms with Gasteiger partial charge in [-0.2, -0.15) is 0 Å². The van der Waals surface area contributed by atoms with Crippen molar-refractivity contribution in [3.05, 3.63) is 29.3 Å². The Morgan fingerprint density at radius 3 is 3.17 bits per heavy atom. The van der Waals surface area contributed by atoms with Crippen LogP contribution in [0.2, 0.25) is 0 Å². The van der Waals surface area contributed by atoms with E-state index < -0.39 is 6.10 Å². The van der Waals surface area contributed by atoms with Crippen molar-refractivity contribution in [2.75, 3.05) is 6.54 Å². The number of aliphatic hydroxyl groups is 1. The van der Waals surface area contributed by atoms with Crippen LogP contribution in [-0.4, -0.2) is 28.8 Å². The van der Waals surface area contributed by atoms with E-state index in [2.05, 4.69) is 10.5 Å². The van der Waals surface area contributed by atoms with Gasteiger partial charge in [-0.15, -0.1) is 11.3 Å². The average Bonchev–Trinajstić information content (AvgIpc) is 3.04. The Labute approximate surface area is 108 Å². The maximum atomic E-state index is 11.7. The molecule has 0 fully saturated rings. The first kappa shape index (κ1) is 12.8. The Morgan fingerprint density at radius 1 is 1.67 bits per heavy atom. The predicted molar refractivity (Wildman–Crippen MR) is 68.4 cm³/mol. The summed E-state index contributed by atoms with van der Waals surface area (Å²) in [4.78, 5) is 12.6. The number of hydrogen-bond acceptors (Lipinski definition) is 5. The van der Waals surface area contributed by atoms with E-state index in [4.69, 9.17) is 4.52 Å². The highest BCUT2D eigenvalue weighted by Gasteiger charge is 2.14. The quantitative estimate of drug-likeness (QED) is 0.866. The maximum absolute atomic E-state index is 11.7. The van der Waals surface area contributed by atoms with E-state index >= 15 is 0 Å². The Kier molecular flexibility index (Phi) is 4.11. The monoisotopic (exact) mass is 266 g/mol. The summed E-state index contributed by atoms with van der Waals surface area (Å²) < 4.78 is 5.10. The molecule has 0 aliphatic heterocycles. The molecule has 2 heterocycles. The average molecular weight is 266 g/mol. The van der Waals surface area contributed by atoms with Gasteiger partial charge in [-0.25, -0.2) is 0 Å². The lowest BCUT2D eigenvalue weighted by Gasteiger charge is -2.07. The summed E-state index contributed by atoms with van der Waals surface area (Å²) in [6.45, 7) is 2.07. The van der Waals surface area contributed by atoms with Gasteiger partial charge in [0.2, 0.25) is 0 Å². The summed E-state index contributed by atoms with van der Waals surface area (Å²) >= 11 is 1.52. The van der Waals surface area contributed by atoms with Crippen LogP contribution >= 0.6 is 11.3 Å². The van der Waals surface area contributed by atoms with Crippen LogP contribution in [-0.2, 0) is 0 Å². The van der Waals surface area contributed by atoms with Crippen molar-refractivity contribution < 1.29 is 14.4 Å². The number of aliphatic hydroxyl groups excluding tert-OH is 1. The number of nitrogens with one attached hydrogen (secondary N) is 1. The second-order valence-corrected chi connectivity index (χ2v) is 4.77. The van der Waals surface area contributed by atoms with E-state index in [0.717, 1.165) is 4.88 Å². The summed E-state index contributed by atoms with van der Waals surface area (Å²) in [6.07, 6.45) is 0.0668. The number of rotatable bonds is 5. The SMILES string of the molecule is CCC(O)CNC(=O)c1cc(-c2cccs2)on1. The van der Waals surface area contributed by atoms with Crippen LogP contribution in [0.4, 0.5) is 0 Å². The molecule has 2 aromatic rings. The summed E-state index contributed by atoms with van der Waals surface area (Å²) in [6, 6.07) is 5.40. The number of aromatic nitrogens is 1. The zero-order chi connectivity index (χ0) is 13.0. The Morgan fingerprint density at radius 2 is 2.50 bits per heavy atom. The smallest absolute Gasteiger partial charge is 0.273 e. The van der Waals surface area contributed by atoms with E-state index in [1.165, 1.54) is 11.3 Å². The third kappa shape index (κ3) is 2.96. The highest BCUT2D eigenvalue weighted by molar-refractivity contribution is 7.13. The van der Waals surface area contributed by atoms with Gasteiger partial charge in [0.25, 0.3) is 5.91 Å². The standard InChI is InChI=1S/C12H14N2O3S/c1-2-8(15)7-13-12(16)9-6-10(17-14-9)11-4-3-5-18-11/h3-6,8,15H,2,7H2,1H3,(H,13,16). The molecule has 0 radical (unpaired) electrons. The molecule has 2 N–H and O–H groups in total. The number of amides is 1. The third-order valence-electron chi connectivity index (χ3n) is 2.48. The molecule has 0 spiro atoms. The van der Waals surface area contributed by atoms with Crippen molar-refractivity contribution in [1.29, 1.82) is 0 Å². The molecule has 2 rings (SSSR count). The van der Waals surface area contributed by atoms with Crippen molar-refractivity contribution in [3.63, 3.8) is 0 Å². The lowest BCUT2D eigenvalue weighted by atomic mass is 10.2. The zero-order valence-electron chi connectivity index (χ0n) is 9.92. The van der Waals surface area contributed by atoms with Gasteiger partial charge in [0.15, 0.2) is 11.5 Å². The molecular weight excluding hydrogens is 252 g/mol. The number of hydrogen-bond donors (Lipinski definition) is 2. The molecule has 0 bridgehead atoms. The molecule has 0 saturated heterocycles. The number of nitrogens with zero attached hydrogens (tertiary/aromatic N) is 1. The van der Waals surface area contributed by atoms with Crippen LogP contribution in [0.1, 0.15) is 23.8 Å². The molecule has 0 aliphatic carbocycles. The van der Waals surface area contributed by atoms with Crippen molar-refractivity contribution in [2.45, 2.75) is 19.4 Å². The molecule has 1 atom stereocenters. The minimum absolute atomic E-state index is 0.219. The normalized spacial score (nSPS) is 12.3. The van der Waals surface area contributed by atoms with E-state index in [0.29, 0.717) is 12.2 Å². The number of thiophene rings is 1. The van der Waals surface area contributed by atoms with Gasteiger partial charge in [-0.1, -0.05) is 18.1 Å². The van der Waals surface area contributed by atoms with Gasteiger partial charge >= 0.3 is 0 Å². The van der Waals surface area contributed by atoms with E-state index in [-0.39, 0.29) is 18.1 Å². The summed E-state index contributed by atoms with van der Waals surface area (Å²) in [5.41, 5.74) is 0.224. The molecule has 0 aromatic carbocycles. The molecule has 0 aliphatic rings. The molecular formula is C12H14N2O3S. The minimum Gasteiger partial charge on any atom is -0.391 e. The highest BCUT2D eigenvalue weighted by atomic mass is 32.1. The first-order chi connectivity index (χ1) is 8.70. The zero-order valence-corrected chi connectivity index (χ0v) is 10.7. The van der Waals surface area contributed by atoms with Gasteiger partial charge in [0.05, 0.1) is 11.0 Å². The van der Waals surface area contributed by atoms with Gasteiger partial charge < -0.3 is 14.9 Å². The lowest BCUT2D eigenvalue weighted by Crippen LogP contribution is -2.31. The number of carbonyl (C=O) groups excluding carboxylic acids is 1. The van der Waals surface area contributed by atoms with Crippen molar-refractivity contribution >= 4 is 17.2 Å². The van der Waals surface area contributed by atoms with Crippen molar-refractivity contribution in [1.82, 2.24) is 10.5 Å². The van der Waals surface area contributed by atoms with E-state index in [9.17, 15) is 9.90 Å². The predicted octanol–water partition coefficient (Wildman–Crippen LogP) is 1.90. The molecule has 1 unspecified atom stereocenters. The first-order valence-electron chi connectivity index (χ1n) is 5.67. The molecule has 1 amide bonds. The Bertz CT molecular complexity index is 507. The fourth-order valence-electron chi connectivity index (χ4n) is 1.36. The van der Waals surface area contributed by atoms with Crippen LogP contribution in [0.3, 0.4) is 0 Å². The van der Waals surface area contributed by atoms with Crippen LogP contribution in [0, 0.1) is 0 Å². The third-order valence-corrected chi connectivity index (χ3v) is 3.36. The molecule has 2 aromatic heterocycles. The maximum Gasteiger partial charge on any atom is 0.273 e. The fourth-order valence-corrected chi connectivity index (χ4v) is 2.04. The largest absolute Gasteiger partial charge is 0.391 e. The van der Waals surface area contributed by atoms with Crippen LogP contribution in [0.5, 0.6) is 0 Å². The molecule has 0 saturated carbocycles. The summed E-state index contributed by atoms with van der Waals surface area (Å²) in [5, 5.41) is 17.6. The Hall–Kier alpha value is -1.66. The minimum atomic E-state index is -0.530. The van der Waals surface area contributed by atoms with Crippen LogP contribution in [0.15, 0.2) is 28.1 Å². The van der Waals surface area contributed by atoms with Gasteiger partial charge in [-0.3, -0.25) is 4.79 Å². The van der Waals surface area contributed by atoms with E-state index in [1.807, 2.05) is 24.4 Å². The van der Waals surface area contributed by atoms with Crippen molar-refractivity contribution in [3.8, 4) is 10.6 Å². The second-order valence-electron chi connectivity index (χ2n) is 3.83. The van der Waals surface area contributed by atoms with Gasteiger partial charge in [0.1, 0.15) is 0 Å². The van der Waals surface area contributed by atoms with Crippen LogP contribution in [0.25, 0.3) is 10.6 Å². The summed E-state index contributed by atoms with van der Waals surface area (Å²) in [5.74, 6) is 0.236. The first-order valence-corrected chi connectivity index (χ1v) is 6.55. The number of carbonyl (C=O) groups is 1. The Balaban J connectivity index is 1.99. The fraction of sp³-hybridized carbons (Fsp3) is 0.333. The molecule has 96 valence electrons. The lowest BCUT2D eigenvalue weighted by molar-refractivity contribution is 0.0905. The molecule has 5 nitrogen and oxygen atoms in total. The summed E-state index contributed by atoms with van der Waals surface area (Å²) in [7, 11) is 0. The molecule has 18 heavy (non-hydrogen) atoms. The second kappa shape index (κ2) is 5.79. The van der Waals surface area contributed by atoms with Crippen molar-refractivity contribution in [2.24, 2.45) is 0 Å². The topological polar surface area (TPSA) is 75.4 Å². The molecule has 6 heteroatoms. The van der Waals surface area contributed by atoms with Gasteiger partial charge in [0, 0.05) is 12.6 Å². The van der Waals surface area contributed by atoms with Crippen LogP contribution < -0.4 is 5.32 Å². The van der Waals surface area contributed by atoms with E-state index in [1.54, 1.807) is 6.07 Å². The van der Waals surface area contributed by atoms with Gasteiger partial charge in [-0.05, 0) is 17.9 Å².